The van der Waals surface area contributed by atoms with Crippen LogP contribution in [0.1, 0.15) is 31.7 Å². The van der Waals surface area contributed by atoms with Gasteiger partial charge in [0, 0.05) is 61.9 Å². The first kappa shape index (κ1) is 22.2. The van der Waals surface area contributed by atoms with E-state index in [1.54, 1.807) is 7.11 Å². The number of hydrogen-bond donors (Lipinski definition) is 1. The van der Waals surface area contributed by atoms with E-state index in [1.807, 2.05) is 18.2 Å². The maximum Gasteiger partial charge on any atom is 0.193 e. The van der Waals surface area contributed by atoms with Gasteiger partial charge >= 0.3 is 0 Å². The first-order valence-electron chi connectivity index (χ1n) is 10.6. The van der Waals surface area contributed by atoms with Crippen molar-refractivity contribution < 1.29 is 14.2 Å². The molecule has 2 heterocycles. The van der Waals surface area contributed by atoms with Crippen molar-refractivity contribution in [3.05, 3.63) is 28.8 Å². The van der Waals surface area contributed by atoms with Crippen LogP contribution in [0.3, 0.4) is 0 Å². The highest BCUT2D eigenvalue weighted by Crippen LogP contribution is 2.41. The molecule has 0 aromatic heterocycles. The van der Waals surface area contributed by atoms with Crippen molar-refractivity contribution in [2.75, 3.05) is 60.2 Å². The Morgan fingerprint density at radius 2 is 2.10 bits per heavy atom. The van der Waals surface area contributed by atoms with Crippen LogP contribution in [0.25, 0.3) is 0 Å². The summed E-state index contributed by atoms with van der Waals surface area (Å²) in [5, 5.41) is 4.17. The van der Waals surface area contributed by atoms with Gasteiger partial charge in [-0.25, -0.2) is 0 Å². The van der Waals surface area contributed by atoms with Crippen LogP contribution in [0.4, 0.5) is 0 Å². The van der Waals surface area contributed by atoms with Crippen LogP contribution in [0.2, 0.25) is 5.02 Å². The number of nitrogens with one attached hydrogen (secondary N) is 1. The molecule has 1 unspecified atom stereocenters. The lowest BCUT2D eigenvalue weighted by Crippen LogP contribution is -2.43. The summed E-state index contributed by atoms with van der Waals surface area (Å²) in [6.45, 7) is 7.69. The number of ether oxygens (including phenoxy) is 3. The Morgan fingerprint density at radius 3 is 2.76 bits per heavy atom. The van der Waals surface area contributed by atoms with Gasteiger partial charge in [0.05, 0.1) is 20.3 Å². The second-order valence-electron chi connectivity index (χ2n) is 8.02. The van der Waals surface area contributed by atoms with Crippen LogP contribution in [0, 0.1) is 5.92 Å². The van der Waals surface area contributed by atoms with Gasteiger partial charge in [-0.05, 0) is 44.4 Å². The highest BCUT2D eigenvalue weighted by molar-refractivity contribution is 6.30. The normalized spacial score (nSPS) is 21.8. The van der Waals surface area contributed by atoms with Gasteiger partial charge in [0.25, 0.3) is 0 Å². The smallest absolute Gasteiger partial charge is 0.193 e. The zero-order chi connectivity index (χ0) is 20.7. The summed E-state index contributed by atoms with van der Waals surface area (Å²) in [5.41, 5.74) is 0.981. The van der Waals surface area contributed by atoms with Crippen LogP contribution >= 0.6 is 11.6 Å². The quantitative estimate of drug-likeness (QED) is 0.538. The van der Waals surface area contributed by atoms with E-state index in [4.69, 9.17) is 30.8 Å². The van der Waals surface area contributed by atoms with E-state index in [-0.39, 0.29) is 5.41 Å². The highest BCUT2D eigenvalue weighted by atomic mass is 35.5. The summed E-state index contributed by atoms with van der Waals surface area (Å²) >= 11 is 6.36. The van der Waals surface area contributed by atoms with Gasteiger partial charge < -0.3 is 24.4 Å². The van der Waals surface area contributed by atoms with Gasteiger partial charge in [-0.3, -0.25) is 4.99 Å². The summed E-state index contributed by atoms with van der Waals surface area (Å²) in [5.74, 6) is 2.37. The lowest BCUT2D eigenvalue weighted by Gasteiger charge is -2.38. The van der Waals surface area contributed by atoms with Gasteiger partial charge in [-0.15, -0.1) is 0 Å². The number of aliphatic imine (C=N–C) groups is 1. The number of guanidine groups is 1. The fraction of sp³-hybridized carbons (Fsp3) is 0.682. The van der Waals surface area contributed by atoms with Gasteiger partial charge in [-0.2, -0.15) is 0 Å². The van der Waals surface area contributed by atoms with Crippen molar-refractivity contribution in [1.29, 1.82) is 0 Å². The summed E-state index contributed by atoms with van der Waals surface area (Å²) in [6, 6.07) is 5.87. The lowest BCUT2D eigenvalue weighted by atomic mass is 9.73. The Morgan fingerprint density at radius 1 is 1.31 bits per heavy atom. The molecule has 6 nitrogen and oxygen atoms in total. The van der Waals surface area contributed by atoms with Crippen molar-refractivity contribution in [2.24, 2.45) is 10.9 Å². The zero-order valence-corrected chi connectivity index (χ0v) is 18.6. The van der Waals surface area contributed by atoms with Crippen LogP contribution in [-0.2, 0) is 14.9 Å². The Kier molecular flexibility index (Phi) is 8.04. The SMILES string of the molecule is CCNC(=NCC1(c2cc(Cl)ccc2OC)CCOCC1)N(C)CC1CCOC1. The molecular weight excluding hydrogens is 390 g/mol. The molecule has 2 aliphatic rings. The molecule has 1 N–H and O–H groups in total. The highest BCUT2D eigenvalue weighted by Gasteiger charge is 2.37. The van der Waals surface area contributed by atoms with Crippen molar-refractivity contribution in [1.82, 2.24) is 10.2 Å². The van der Waals surface area contributed by atoms with Crippen molar-refractivity contribution in [2.45, 2.75) is 31.6 Å². The number of hydrogen-bond acceptors (Lipinski definition) is 4. The van der Waals surface area contributed by atoms with Gasteiger partial charge in [0.1, 0.15) is 5.75 Å². The minimum atomic E-state index is -0.146. The molecule has 7 heteroatoms. The van der Waals surface area contributed by atoms with E-state index in [0.717, 1.165) is 81.1 Å². The van der Waals surface area contributed by atoms with Crippen molar-refractivity contribution in [3.8, 4) is 5.75 Å². The molecule has 1 aromatic carbocycles. The van der Waals surface area contributed by atoms with Gasteiger partial charge in [0.2, 0.25) is 0 Å². The average Bonchev–Trinajstić information content (AvgIpc) is 3.24. The largest absolute Gasteiger partial charge is 0.496 e. The molecule has 2 fully saturated rings. The molecule has 0 spiro atoms. The van der Waals surface area contributed by atoms with Crippen molar-refractivity contribution >= 4 is 17.6 Å². The van der Waals surface area contributed by atoms with Crippen molar-refractivity contribution in [3.63, 3.8) is 0 Å². The van der Waals surface area contributed by atoms with Crippen LogP contribution < -0.4 is 10.1 Å². The topological polar surface area (TPSA) is 55.3 Å². The van der Waals surface area contributed by atoms with Gasteiger partial charge in [-0.1, -0.05) is 11.6 Å². The molecule has 0 radical (unpaired) electrons. The molecule has 0 bridgehead atoms. The number of methoxy groups -OCH3 is 1. The predicted molar refractivity (Wildman–Crippen MR) is 117 cm³/mol. The minimum Gasteiger partial charge on any atom is -0.496 e. The van der Waals surface area contributed by atoms with Crippen LogP contribution in [-0.4, -0.2) is 71.1 Å². The number of rotatable bonds is 7. The van der Waals surface area contributed by atoms with Gasteiger partial charge in [0.15, 0.2) is 5.96 Å². The fourth-order valence-corrected chi connectivity index (χ4v) is 4.44. The summed E-state index contributed by atoms with van der Waals surface area (Å²) in [7, 11) is 3.82. The second kappa shape index (κ2) is 10.5. The maximum absolute atomic E-state index is 6.36. The Hall–Kier alpha value is -1.50. The van der Waals surface area contributed by atoms with Crippen LogP contribution in [0.5, 0.6) is 5.75 Å². The first-order chi connectivity index (χ1) is 14.1. The molecule has 1 atom stereocenters. The minimum absolute atomic E-state index is 0.146. The van der Waals surface area contributed by atoms with E-state index in [9.17, 15) is 0 Å². The summed E-state index contributed by atoms with van der Waals surface area (Å²) in [4.78, 5) is 7.30. The molecule has 0 saturated carbocycles. The van der Waals surface area contributed by atoms with E-state index in [1.165, 1.54) is 0 Å². The standard InChI is InChI=1S/C22H34ClN3O3/c1-4-24-21(26(2)14-17-7-10-29-15-17)25-16-22(8-11-28-12-9-22)19-13-18(23)5-6-20(19)27-3/h5-6,13,17H,4,7-12,14-16H2,1-3H3,(H,24,25). The number of benzene rings is 1. The molecule has 3 rings (SSSR count). The fourth-order valence-electron chi connectivity index (χ4n) is 4.27. The van der Waals surface area contributed by atoms with E-state index >= 15 is 0 Å². The monoisotopic (exact) mass is 423 g/mol. The summed E-state index contributed by atoms with van der Waals surface area (Å²) in [6.07, 6.45) is 2.91. The Labute approximate surface area is 179 Å². The van der Waals surface area contributed by atoms with E-state index in [2.05, 4.69) is 24.2 Å². The first-order valence-corrected chi connectivity index (χ1v) is 10.9. The number of nitrogens with zero attached hydrogens (tertiary/aromatic N) is 2. The third-order valence-electron chi connectivity index (χ3n) is 5.97. The number of halogens is 1. The molecule has 0 amide bonds. The molecule has 29 heavy (non-hydrogen) atoms. The van der Waals surface area contributed by atoms with Crippen LogP contribution in [0.15, 0.2) is 23.2 Å². The van der Waals surface area contributed by atoms with E-state index in [0.29, 0.717) is 12.5 Å². The molecule has 0 aliphatic carbocycles. The molecular formula is C22H34ClN3O3. The zero-order valence-electron chi connectivity index (χ0n) is 17.9. The molecule has 2 aliphatic heterocycles. The van der Waals surface area contributed by atoms with E-state index < -0.39 is 0 Å². The lowest BCUT2D eigenvalue weighted by molar-refractivity contribution is 0.0522. The Balaban J connectivity index is 1.85. The third kappa shape index (κ3) is 5.56. The molecule has 2 saturated heterocycles. The second-order valence-corrected chi connectivity index (χ2v) is 8.45. The maximum atomic E-state index is 6.36. The average molecular weight is 424 g/mol. The molecule has 162 valence electrons. The summed E-state index contributed by atoms with van der Waals surface area (Å²) < 4.78 is 16.9. The molecule has 1 aromatic rings. The third-order valence-corrected chi connectivity index (χ3v) is 6.20. The predicted octanol–water partition coefficient (Wildman–Crippen LogP) is 3.33. The Bertz CT molecular complexity index is 686.